The smallest absolute Gasteiger partial charge is 0.399 e. The van der Waals surface area contributed by atoms with E-state index in [1.54, 1.807) is 30.3 Å². The number of carbonyl (C=O) groups is 1. The number of benzene rings is 3. The average molecular weight is 423 g/mol. The third-order valence-electron chi connectivity index (χ3n) is 3.91. The van der Waals surface area contributed by atoms with Crippen LogP contribution >= 0.6 is 21.7 Å². The van der Waals surface area contributed by atoms with Crippen molar-refractivity contribution in [2.24, 2.45) is 0 Å². The average Bonchev–Trinajstić information content (AvgIpc) is 2.67. The fraction of sp³-hybridized carbons (Fsp3) is 0.0952. The molecule has 7 heteroatoms. The van der Waals surface area contributed by atoms with Crippen molar-refractivity contribution >= 4 is 27.6 Å². The Morgan fingerprint density at radius 3 is 1.89 bits per heavy atom. The molecule has 0 aliphatic carbocycles. The van der Waals surface area contributed by atoms with Gasteiger partial charge in [0.1, 0.15) is 12.2 Å². The molecule has 2 nitrogen and oxygen atoms in total. The minimum absolute atomic E-state index is 0.0498. The number of esters is 1. The molecule has 0 aliphatic heterocycles. The van der Waals surface area contributed by atoms with Crippen LogP contribution in [0, 0.1) is 0 Å². The van der Waals surface area contributed by atoms with E-state index in [-0.39, 0.29) is 5.75 Å². The normalized spacial score (nSPS) is 11.3. The van der Waals surface area contributed by atoms with Crippen molar-refractivity contribution in [2.75, 3.05) is 0 Å². The Labute approximate surface area is 168 Å². The highest BCUT2D eigenvalue weighted by molar-refractivity contribution is 8.21. The summed E-state index contributed by atoms with van der Waals surface area (Å²) in [5.74, 6) is -1.32. The quantitative estimate of drug-likeness (QED) is 0.323. The summed E-state index contributed by atoms with van der Waals surface area (Å²) in [6.45, 7) is 0. The molecule has 0 heterocycles. The van der Waals surface area contributed by atoms with Crippen LogP contribution in [0.3, 0.4) is 0 Å². The zero-order valence-electron chi connectivity index (χ0n) is 14.4. The standard InChI is InChI=1S/C21H14ClF3O2S/c22-28-17-12-11-16(27-18(26)13-21(23,24)25)19(14-7-3-1-4-8-14)20(17)15-9-5-2-6-10-15/h1-12H,13H2. The van der Waals surface area contributed by atoms with Crippen molar-refractivity contribution < 1.29 is 22.7 Å². The minimum Gasteiger partial charge on any atom is -0.426 e. The van der Waals surface area contributed by atoms with Gasteiger partial charge in [-0.3, -0.25) is 4.79 Å². The summed E-state index contributed by atoms with van der Waals surface area (Å²) in [6.07, 6.45) is -6.30. The van der Waals surface area contributed by atoms with Gasteiger partial charge >= 0.3 is 12.1 Å². The molecule has 0 radical (unpaired) electrons. The first-order chi connectivity index (χ1) is 13.4. The van der Waals surface area contributed by atoms with Gasteiger partial charge < -0.3 is 4.74 Å². The first-order valence-corrected chi connectivity index (χ1v) is 9.87. The molecular weight excluding hydrogens is 409 g/mol. The molecule has 28 heavy (non-hydrogen) atoms. The summed E-state index contributed by atoms with van der Waals surface area (Å²) in [5.41, 5.74) is 2.69. The van der Waals surface area contributed by atoms with Crippen LogP contribution in [-0.2, 0) is 4.79 Å². The maximum Gasteiger partial charge on any atom is 0.399 e. The van der Waals surface area contributed by atoms with Crippen molar-refractivity contribution in [2.45, 2.75) is 17.5 Å². The molecule has 0 aliphatic rings. The highest BCUT2D eigenvalue weighted by Crippen LogP contribution is 2.45. The fourth-order valence-corrected chi connectivity index (χ4v) is 3.62. The largest absolute Gasteiger partial charge is 0.426 e. The van der Waals surface area contributed by atoms with Gasteiger partial charge in [-0.25, -0.2) is 0 Å². The second-order valence-corrected chi connectivity index (χ2v) is 6.94. The zero-order chi connectivity index (χ0) is 20.1. The van der Waals surface area contributed by atoms with Gasteiger partial charge in [-0.15, -0.1) is 0 Å². The highest BCUT2D eigenvalue weighted by Gasteiger charge is 2.33. The second-order valence-electron chi connectivity index (χ2n) is 5.89. The fourth-order valence-electron chi connectivity index (χ4n) is 2.82. The first kappa shape index (κ1) is 20.3. The second kappa shape index (κ2) is 8.71. The van der Waals surface area contributed by atoms with Crippen LogP contribution < -0.4 is 4.74 Å². The minimum atomic E-state index is -4.64. The number of rotatable bonds is 5. The highest BCUT2D eigenvalue weighted by atomic mass is 35.7. The van der Waals surface area contributed by atoms with E-state index >= 15 is 0 Å². The summed E-state index contributed by atoms with van der Waals surface area (Å²) >= 11 is 0. The van der Waals surface area contributed by atoms with E-state index in [2.05, 4.69) is 0 Å². The molecule has 3 aromatic rings. The van der Waals surface area contributed by atoms with Gasteiger partial charge in [0.2, 0.25) is 0 Å². The summed E-state index contributed by atoms with van der Waals surface area (Å²) in [6, 6.07) is 21.4. The SMILES string of the molecule is O=C(CC(F)(F)F)Oc1ccc(SCl)c(-c2ccccc2)c1-c1ccccc1. The monoisotopic (exact) mass is 422 g/mol. The lowest BCUT2D eigenvalue weighted by molar-refractivity contribution is -0.163. The number of ether oxygens (including phenoxy) is 1. The zero-order valence-corrected chi connectivity index (χ0v) is 15.9. The molecule has 0 spiro atoms. The molecule has 0 bridgehead atoms. The predicted molar refractivity (Wildman–Crippen MR) is 105 cm³/mol. The van der Waals surface area contributed by atoms with Crippen molar-refractivity contribution in [3.63, 3.8) is 0 Å². The molecule has 0 N–H and O–H groups in total. The van der Waals surface area contributed by atoms with Crippen LogP contribution in [0.25, 0.3) is 22.3 Å². The topological polar surface area (TPSA) is 26.3 Å². The molecular formula is C21H14ClF3O2S. The lowest BCUT2D eigenvalue weighted by Gasteiger charge is -2.18. The molecule has 0 saturated heterocycles. The molecule has 0 saturated carbocycles. The van der Waals surface area contributed by atoms with E-state index in [1.807, 2.05) is 36.4 Å². The van der Waals surface area contributed by atoms with Crippen LogP contribution in [0.4, 0.5) is 13.2 Å². The Morgan fingerprint density at radius 1 is 0.857 bits per heavy atom. The molecule has 0 unspecified atom stereocenters. The van der Waals surface area contributed by atoms with Crippen LogP contribution in [-0.4, -0.2) is 12.1 Å². The molecule has 3 rings (SSSR count). The molecule has 0 atom stereocenters. The number of carbonyl (C=O) groups excluding carboxylic acids is 1. The maximum atomic E-state index is 12.6. The Balaban J connectivity index is 2.19. The summed E-state index contributed by atoms with van der Waals surface area (Å²) in [7, 11) is 7.04. The lowest BCUT2D eigenvalue weighted by atomic mass is 9.93. The van der Waals surface area contributed by atoms with Gasteiger partial charge in [0, 0.05) is 16.0 Å². The number of hydrogen-bond acceptors (Lipinski definition) is 3. The van der Waals surface area contributed by atoms with Crippen LogP contribution in [0.5, 0.6) is 5.75 Å². The van der Waals surface area contributed by atoms with Crippen LogP contribution in [0.1, 0.15) is 6.42 Å². The lowest BCUT2D eigenvalue weighted by Crippen LogP contribution is -2.19. The summed E-state index contributed by atoms with van der Waals surface area (Å²) in [5, 5.41) is 0. The van der Waals surface area contributed by atoms with Crippen molar-refractivity contribution in [3.8, 4) is 28.0 Å². The van der Waals surface area contributed by atoms with Crippen molar-refractivity contribution in [3.05, 3.63) is 72.8 Å². The maximum absolute atomic E-state index is 12.6. The Morgan fingerprint density at radius 2 is 1.39 bits per heavy atom. The van der Waals surface area contributed by atoms with Gasteiger partial charge in [0.15, 0.2) is 0 Å². The Hall–Kier alpha value is -2.44. The van der Waals surface area contributed by atoms with E-state index in [4.69, 9.17) is 15.4 Å². The Bertz CT molecular complexity index is 961. The van der Waals surface area contributed by atoms with Gasteiger partial charge in [0.25, 0.3) is 0 Å². The van der Waals surface area contributed by atoms with Crippen LogP contribution in [0.2, 0.25) is 0 Å². The van der Waals surface area contributed by atoms with Gasteiger partial charge in [0.05, 0.1) is 0 Å². The van der Waals surface area contributed by atoms with E-state index < -0.39 is 18.6 Å². The van der Waals surface area contributed by atoms with E-state index in [0.717, 1.165) is 16.5 Å². The molecule has 3 aromatic carbocycles. The first-order valence-electron chi connectivity index (χ1n) is 8.23. The third-order valence-corrected chi connectivity index (χ3v) is 4.91. The third kappa shape index (κ3) is 4.88. The molecule has 144 valence electrons. The van der Waals surface area contributed by atoms with E-state index in [0.29, 0.717) is 21.6 Å². The molecule has 0 amide bonds. The summed E-state index contributed by atoms with van der Waals surface area (Å²) in [4.78, 5) is 12.5. The van der Waals surface area contributed by atoms with Crippen molar-refractivity contribution in [1.29, 1.82) is 0 Å². The number of alkyl halides is 3. The predicted octanol–water partition coefficient (Wildman–Crippen LogP) is 7.12. The van der Waals surface area contributed by atoms with Gasteiger partial charge in [-0.05, 0) is 44.9 Å². The van der Waals surface area contributed by atoms with Gasteiger partial charge in [-0.2, -0.15) is 13.2 Å². The Kier molecular flexibility index (Phi) is 6.31. The molecule has 0 aromatic heterocycles. The van der Waals surface area contributed by atoms with E-state index in [1.165, 1.54) is 6.07 Å². The van der Waals surface area contributed by atoms with Crippen molar-refractivity contribution in [1.82, 2.24) is 0 Å². The van der Waals surface area contributed by atoms with E-state index in [9.17, 15) is 18.0 Å². The number of hydrogen-bond donors (Lipinski definition) is 0. The molecule has 0 fully saturated rings. The van der Waals surface area contributed by atoms with Gasteiger partial charge in [-0.1, -0.05) is 60.7 Å². The van der Waals surface area contributed by atoms with Crippen LogP contribution in [0.15, 0.2) is 77.7 Å². The number of halogens is 4. The summed E-state index contributed by atoms with van der Waals surface area (Å²) < 4.78 is 42.8.